The molecule has 0 saturated carbocycles. The highest BCUT2D eigenvalue weighted by Crippen LogP contribution is 2.27. The van der Waals surface area contributed by atoms with E-state index in [2.05, 4.69) is 31.1 Å². The summed E-state index contributed by atoms with van der Waals surface area (Å²) in [5, 5.41) is 4.01. The number of rotatable bonds is 2. The SMILES string of the molecule is CCc1cc(-c2ccc(C)s2)no1. The van der Waals surface area contributed by atoms with E-state index in [1.807, 2.05) is 6.07 Å². The molecule has 0 saturated heterocycles. The first-order chi connectivity index (χ1) is 6.29. The van der Waals surface area contributed by atoms with Crippen LogP contribution < -0.4 is 0 Å². The Hall–Kier alpha value is -1.09. The molecule has 2 rings (SSSR count). The number of thiophene rings is 1. The average molecular weight is 193 g/mol. The van der Waals surface area contributed by atoms with E-state index in [9.17, 15) is 0 Å². The van der Waals surface area contributed by atoms with E-state index in [4.69, 9.17) is 4.52 Å². The first-order valence-corrected chi connectivity index (χ1v) is 5.13. The summed E-state index contributed by atoms with van der Waals surface area (Å²) < 4.78 is 5.13. The van der Waals surface area contributed by atoms with Crippen molar-refractivity contribution in [3.63, 3.8) is 0 Å². The van der Waals surface area contributed by atoms with Crippen molar-refractivity contribution >= 4 is 11.3 Å². The van der Waals surface area contributed by atoms with Crippen molar-refractivity contribution in [2.75, 3.05) is 0 Å². The van der Waals surface area contributed by atoms with Gasteiger partial charge in [-0.15, -0.1) is 11.3 Å². The van der Waals surface area contributed by atoms with Crippen LogP contribution >= 0.6 is 11.3 Å². The minimum Gasteiger partial charge on any atom is -0.361 e. The second kappa shape index (κ2) is 3.34. The number of aryl methyl sites for hydroxylation is 2. The van der Waals surface area contributed by atoms with Gasteiger partial charge >= 0.3 is 0 Å². The fourth-order valence-electron chi connectivity index (χ4n) is 1.17. The largest absolute Gasteiger partial charge is 0.361 e. The van der Waals surface area contributed by atoms with Crippen molar-refractivity contribution in [1.29, 1.82) is 0 Å². The summed E-state index contributed by atoms with van der Waals surface area (Å²) >= 11 is 1.74. The van der Waals surface area contributed by atoms with Gasteiger partial charge in [0.1, 0.15) is 11.5 Å². The maximum absolute atomic E-state index is 5.13. The molecular weight excluding hydrogens is 182 g/mol. The zero-order chi connectivity index (χ0) is 9.26. The Morgan fingerprint density at radius 3 is 2.85 bits per heavy atom. The monoisotopic (exact) mass is 193 g/mol. The van der Waals surface area contributed by atoms with Gasteiger partial charge in [-0.2, -0.15) is 0 Å². The minimum absolute atomic E-state index is 0.900. The quantitative estimate of drug-likeness (QED) is 0.731. The molecule has 68 valence electrons. The van der Waals surface area contributed by atoms with Crippen LogP contribution in [0.5, 0.6) is 0 Å². The molecule has 0 N–H and O–H groups in total. The molecule has 2 heterocycles. The van der Waals surface area contributed by atoms with Gasteiger partial charge in [-0.05, 0) is 19.1 Å². The third kappa shape index (κ3) is 1.65. The lowest BCUT2D eigenvalue weighted by molar-refractivity contribution is 0.389. The van der Waals surface area contributed by atoms with Gasteiger partial charge in [0.15, 0.2) is 0 Å². The van der Waals surface area contributed by atoms with E-state index >= 15 is 0 Å². The molecule has 13 heavy (non-hydrogen) atoms. The zero-order valence-corrected chi connectivity index (χ0v) is 8.52. The molecule has 2 aromatic rings. The average Bonchev–Trinajstić information content (AvgIpc) is 2.71. The van der Waals surface area contributed by atoms with Crippen LogP contribution in [-0.4, -0.2) is 5.16 Å². The highest BCUT2D eigenvalue weighted by molar-refractivity contribution is 7.15. The first kappa shape index (κ1) is 8.51. The fraction of sp³-hybridized carbons (Fsp3) is 0.300. The van der Waals surface area contributed by atoms with Gasteiger partial charge in [-0.1, -0.05) is 12.1 Å². The van der Waals surface area contributed by atoms with E-state index in [1.54, 1.807) is 11.3 Å². The van der Waals surface area contributed by atoms with E-state index in [0.29, 0.717) is 0 Å². The molecule has 2 nitrogen and oxygen atoms in total. The summed E-state index contributed by atoms with van der Waals surface area (Å²) in [7, 11) is 0. The molecule has 0 aliphatic rings. The van der Waals surface area contributed by atoms with Gasteiger partial charge in [-0.3, -0.25) is 0 Å². The summed E-state index contributed by atoms with van der Waals surface area (Å²) in [5.41, 5.74) is 0.954. The minimum atomic E-state index is 0.900. The van der Waals surface area contributed by atoms with Gasteiger partial charge in [0.05, 0.1) is 4.88 Å². The predicted molar refractivity (Wildman–Crippen MR) is 53.9 cm³/mol. The maximum atomic E-state index is 5.13. The lowest BCUT2D eigenvalue weighted by Gasteiger charge is -1.83. The lowest BCUT2D eigenvalue weighted by Crippen LogP contribution is -1.68. The second-order valence-electron chi connectivity index (χ2n) is 2.94. The third-order valence-corrected chi connectivity index (χ3v) is 2.92. The Morgan fingerprint density at radius 1 is 1.46 bits per heavy atom. The van der Waals surface area contributed by atoms with Crippen molar-refractivity contribution in [1.82, 2.24) is 5.16 Å². The number of aromatic nitrogens is 1. The maximum Gasteiger partial charge on any atom is 0.137 e. The summed E-state index contributed by atoms with van der Waals surface area (Å²) in [5.74, 6) is 0.945. The Bertz CT molecular complexity index is 402. The van der Waals surface area contributed by atoms with Gasteiger partial charge in [0, 0.05) is 17.4 Å². The lowest BCUT2D eigenvalue weighted by atomic mass is 10.3. The zero-order valence-electron chi connectivity index (χ0n) is 7.70. The van der Waals surface area contributed by atoms with Crippen LogP contribution in [0.3, 0.4) is 0 Å². The summed E-state index contributed by atoms with van der Waals surface area (Å²) in [4.78, 5) is 2.48. The molecule has 0 unspecified atom stereocenters. The van der Waals surface area contributed by atoms with Crippen LogP contribution in [0.25, 0.3) is 10.6 Å². The Labute approximate surface area is 81.2 Å². The number of hydrogen-bond donors (Lipinski definition) is 0. The summed E-state index contributed by atoms with van der Waals surface area (Å²) in [6.07, 6.45) is 0.900. The van der Waals surface area contributed by atoms with Crippen LogP contribution in [-0.2, 0) is 6.42 Å². The molecule has 0 amide bonds. The Balaban J connectivity index is 2.35. The van der Waals surface area contributed by atoms with Crippen LogP contribution in [0, 0.1) is 6.92 Å². The standard InChI is InChI=1S/C10H11NOS/c1-3-8-6-9(11-12-8)10-5-4-7(2)13-10/h4-6H,3H2,1-2H3. The van der Waals surface area contributed by atoms with Gasteiger partial charge in [0.2, 0.25) is 0 Å². The number of nitrogens with zero attached hydrogens (tertiary/aromatic N) is 1. The van der Waals surface area contributed by atoms with Gasteiger partial charge in [0.25, 0.3) is 0 Å². The van der Waals surface area contributed by atoms with Crippen molar-refractivity contribution in [2.24, 2.45) is 0 Å². The number of hydrogen-bond acceptors (Lipinski definition) is 3. The van der Waals surface area contributed by atoms with Crippen LogP contribution in [0.1, 0.15) is 17.6 Å². The molecule has 0 atom stereocenters. The van der Waals surface area contributed by atoms with Crippen molar-refractivity contribution < 1.29 is 4.52 Å². The van der Waals surface area contributed by atoms with Crippen LogP contribution in [0.2, 0.25) is 0 Å². The molecule has 0 aliphatic carbocycles. The second-order valence-corrected chi connectivity index (χ2v) is 4.23. The van der Waals surface area contributed by atoms with E-state index in [1.165, 1.54) is 9.75 Å². The van der Waals surface area contributed by atoms with E-state index in [0.717, 1.165) is 17.9 Å². The molecule has 0 radical (unpaired) electrons. The Kier molecular flexibility index (Phi) is 2.19. The molecule has 0 aromatic carbocycles. The van der Waals surface area contributed by atoms with Crippen molar-refractivity contribution in [3.05, 3.63) is 28.8 Å². The van der Waals surface area contributed by atoms with Crippen molar-refractivity contribution in [2.45, 2.75) is 20.3 Å². The Morgan fingerprint density at radius 2 is 2.31 bits per heavy atom. The molecule has 3 heteroatoms. The summed E-state index contributed by atoms with van der Waals surface area (Å²) in [6.45, 7) is 4.15. The molecule has 0 bridgehead atoms. The predicted octanol–water partition coefficient (Wildman–Crippen LogP) is 3.27. The molecular formula is C10H11NOS. The third-order valence-electron chi connectivity index (χ3n) is 1.90. The normalized spacial score (nSPS) is 10.6. The van der Waals surface area contributed by atoms with Gasteiger partial charge in [-0.25, -0.2) is 0 Å². The first-order valence-electron chi connectivity index (χ1n) is 4.32. The van der Waals surface area contributed by atoms with E-state index < -0.39 is 0 Å². The van der Waals surface area contributed by atoms with Crippen LogP contribution in [0.4, 0.5) is 0 Å². The molecule has 2 aromatic heterocycles. The molecule has 0 fully saturated rings. The van der Waals surface area contributed by atoms with E-state index in [-0.39, 0.29) is 0 Å². The van der Waals surface area contributed by atoms with Crippen molar-refractivity contribution in [3.8, 4) is 10.6 Å². The smallest absolute Gasteiger partial charge is 0.137 e. The fourth-order valence-corrected chi connectivity index (χ4v) is 1.99. The topological polar surface area (TPSA) is 26.0 Å². The highest BCUT2D eigenvalue weighted by Gasteiger charge is 2.06. The van der Waals surface area contributed by atoms with Gasteiger partial charge < -0.3 is 4.52 Å². The molecule has 0 aliphatic heterocycles. The van der Waals surface area contributed by atoms with Crippen LogP contribution in [0.15, 0.2) is 22.7 Å². The highest BCUT2D eigenvalue weighted by atomic mass is 32.1. The molecule has 0 spiro atoms. The summed E-state index contributed by atoms with van der Waals surface area (Å²) in [6, 6.07) is 6.18.